The third-order valence-corrected chi connectivity index (χ3v) is 5.67. The summed E-state index contributed by atoms with van der Waals surface area (Å²) in [5, 5.41) is 0.115. The largest absolute Gasteiger partial charge is 0.496 e. The molecule has 2 rings (SSSR count). The van der Waals surface area contributed by atoms with Gasteiger partial charge in [0.2, 0.25) is 0 Å². The van der Waals surface area contributed by atoms with Crippen molar-refractivity contribution in [2.75, 3.05) is 18.4 Å². The van der Waals surface area contributed by atoms with E-state index in [1.807, 2.05) is 0 Å². The number of methoxy groups -OCH3 is 1. The van der Waals surface area contributed by atoms with Crippen LogP contribution in [0.4, 0.5) is 5.13 Å². The van der Waals surface area contributed by atoms with Crippen LogP contribution in [-0.2, 0) is 14.8 Å². The number of nitrogens with one attached hydrogen (secondary N) is 1. The van der Waals surface area contributed by atoms with E-state index in [1.165, 1.54) is 19.2 Å². The normalized spacial score (nSPS) is 11.2. The number of rotatable bonds is 6. The minimum atomic E-state index is -3.81. The quantitative estimate of drug-likeness (QED) is 0.786. The number of anilines is 1. The van der Waals surface area contributed by atoms with Crippen LogP contribution in [0.1, 0.15) is 27.9 Å². The second-order valence-corrected chi connectivity index (χ2v) is 7.57. The highest BCUT2D eigenvalue weighted by molar-refractivity contribution is 7.93. The van der Waals surface area contributed by atoms with E-state index in [2.05, 4.69) is 9.71 Å². The highest BCUT2D eigenvalue weighted by atomic mass is 32.2. The van der Waals surface area contributed by atoms with Crippen molar-refractivity contribution < 1.29 is 22.7 Å². The number of sulfonamides is 1. The van der Waals surface area contributed by atoms with Crippen molar-refractivity contribution in [3.8, 4) is 5.75 Å². The first-order valence-corrected chi connectivity index (χ1v) is 9.40. The number of hydrogen-bond donors (Lipinski definition) is 1. The average Bonchev–Trinajstić information content (AvgIpc) is 2.87. The molecule has 0 unspecified atom stereocenters. The number of hydrogen-bond acceptors (Lipinski definition) is 7. The van der Waals surface area contributed by atoms with Crippen LogP contribution in [0.5, 0.6) is 5.75 Å². The maximum absolute atomic E-state index is 12.5. The van der Waals surface area contributed by atoms with Gasteiger partial charge in [0, 0.05) is 0 Å². The Morgan fingerprint density at radius 3 is 2.62 bits per heavy atom. The topological polar surface area (TPSA) is 94.6 Å². The van der Waals surface area contributed by atoms with Gasteiger partial charge < -0.3 is 9.47 Å². The first kappa shape index (κ1) is 18.2. The molecule has 0 aliphatic rings. The molecule has 0 aliphatic heterocycles. The number of ether oxygens (including phenoxy) is 2. The molecule has 2 aromatic rings. The molecule has 1 aromatic carbocycles. The Morgan fingerprint density at radius 1 is 1.33 bits per heavy atom. The molecule has 0 spiro atoms. The lowest BCUT2D eigenvalue weighted by Gasteiger charge is -2.08. The van der Waals surface area contributed by atoms with Crippen molar-refractivity contribution in [3.05, 3.63) is 34.3 Å². The lowest BCUT2D eigenvalue weighted by atomic mass is 10.2. The van der Waals surface area contributed by atoms with Gasteiger partial charge in [0.15, 0.2) is 5.13 Å². The molecule has 0 fully saturated rings. The van der Waals surface area contributed by atoms with E-state index in [4.69, 9.17) is 9.47 Å². The third kappa shape index (κ3) is 3.85. The van der Waals surface area contributed by atoms with Gasteiger partial charge in [0.25, 0.3) is 10.0 Å². The van der Waals surface area contributed by atoms with Crippen molar-refractivity contribution in [1.29, 1.82) is 0 Å². The minimum absolute atomic E-state index is 0.0892. The van der Waals surface area contributed by atoms with E-state index < -0.39 is 16.0 Å². The summed E-state index contributed by atoms with van der Waals surface area (Å²) in [5.41, 5.74) is 1.12. The average molecular weight is 370 g/mol. The predicted octanol–water partition coefficient (Wildman–Crippen LogP) is 2.75. The number of thiazole rings is 1. The fourth-order valence-electron chi connectivity index (χ4n) is 2.02. The number of esters is 1. The highest BCUT2D eigenvalue weighted by Crippen LogP contribution is 2.27. The molecular weight excluding hydrogens is 352 g/mol. The van der Waals surface area contributed by atoms with Crippen molar-refractivity contribution in [2.45, 2.75) is 25.7 Å². The van der Waals surface area contributed by atoms with Crippen molar-refractivity contribution in [1.82, 2.24) is 4.98 Å². The van der Waals surface area contributed by atoms with Crippen LogP contribution in [0.25, 0.3) is 0 Å². The first-order chi connectivity index (χ1) is 11.3. The van der Waals surface area contributed by atoms with Crippen LogP contribution in [-0.4, -0.2) is 33.1 Å². The fraction of sp³-hybridized carbons (Fsp3) is 0.333. The zero-order valence-corrected chi connectivity index (χ0v) is 15.4. The molecule has 1 N–H and O–H groups in total. The number of aryl methyl sites for hydroxylation is 2. The molecule has 0 saturated carbocycles. The monoisotopic (exact) mass is 370 g/mol. The van der Waals surface area contributed by atoms with E-state index in [0.717, 1.165) is 11.3 Å². The maximum Gasteiger partial charge on any atom is 0.350 e. The smallest absolute Gasteiger partial charge is 0.350 e. The summed E-state index contributed by atoms with van der Waals surface area (Å²) < 4.78 is 37.4. The van der Waals surface area contributed by atoms with Gasteiger partial charge in [-0.3, -0.25) is 4.72 Å². The molecule has 7 nitrogen and oxygen atoms in total. The van der Waals surface area contributed by atoms with Crippen molar-refractivity contribution >= 4 is 32.5 Å². The van der Waals surface area contributed by atoms with E-state index in [0.29, 0.717) is 17.0 Å². The molecular formula is C15H18N2O5S2. The number of benzene rings is 1. The van der Waals surface area contributed by atoms with Gasteiger partial charge in [-0.05, 0) is 44.5 Å². The summed E-state index contributed by atoms with van der Waals surface area (Å²) in [6.07, 6.45) is 0. The Bertz CT molecular complexity index is 859. The number of nitrogens with zero attached hydrogens (tertiary/aromatic N) is 1. The number of carbonyl (C=O) groups is 1. The second-order valence-electron chi connectivity index (χ2n) is 4.89. The summed E-state index contributed by atoms with van der Waals surface area (Å²) in [5.74, 6) is 0.0851. The summed E-state index contributed by atoms with van der Waals surface area (Å²) in [6, 6.07) is 4.54. The van der Waals surface area contributed by atoms with Crippen LogP contribution in [0.15, 0.2) is 23.1 Å². The van der Waals surface area contributed by atoms with E-state index in [1.54, 1.807) is 26.8 Å². The van der Waals surface area contributed by atoms with Crippen LogP contribution >= 0.6 is 11.3 Å². The molecule has 0 atom stereocenters. The highest BCUT2D eigenvalue weighted by Gasteiger charge is 2.21. The Balaban J connectivity index is 2.28. The lowest BCUT2D eigenvalue weighted by Crippen LogP contribution is -2.13. The van der Waals surface area contributed by atoms with Gasteiger partial charge >= 0.3 is 5.97 Å². The maximum atomic E-state index is 12.5. The SMILES string of the molecule is CCOC(=O)c1sc(NS(=O)(=O)c2ccc(OC)c(C)c2)nc1C. The standard InChI is InChI=1S/C15H18N2O5S2/c1-5-22-14(18)13-10(3)16-15(23-13)17-24(19,20)11-6-7-12(21-4)9(2)8-11/h6-8H,5H2,1-4H3,(H,16,17). The molecule has 130 valence electrons. The summed E-state index contributed by atoms with van der Waals surface area (Å²) in [4.78, 5) is 16.2. The molecule has 9 heteroatoms. The van der Waals surface area contributed by atoms with Crippen LogP contribution in [0.2, 0.25) is 0 Å². The Morgan fingerprint density at radius 2 is 2.04 bits per heavy atom. The molecule has 24 heavy (non-hydrogen) atoms. The van der Waals surface area contributed by atoms with Gasteiger partial charge in [0.05, 0.1) is 24.3 Å². The van der Waals surface area contributed by atoms with Gasteiger partial charge in [-0.1, -0.05) is 11.3 Å². The third-order valence-electron chi connectivity index (χ3n) is 3.16. The van der Waals surface area contributed by atoms with Crippen LogP contribution < -0.4 is 9.46 Å². The summed E-state index contributed by atoms with van der Waals surface area (Å²) in [6.45, 7) is 5.31. The van der Waals surface area contributed by atoms with E-state index in [-0.39, 0.29) is 21.5 Å². The van der Waals surface area contributed by atoms with E-state index in [9.17, 15) is 13.2 Å². The zero-order valence-electron chi connectivity index (χ0n) is 13.7. The molecule has 0 amide bonds. The van der Waals surface area contributed by atoms with Gasteiger partial charge in [-0.2, -0.15) is 0 Å². The van der Waals surface area contributed by atoms with E-state index >= 15 is 0 Å². The van der Waals surface area contributed by atoms with Gasteiger partial charge in [-0.15, -0.1) is 0 Å². The van der Waals surface area contributed by atoms with Crippen LogP contribution in [0.3, 0.4) is 0 Å². The molecule has 0 bridgehead atoms. The molecule has 0 saturated heterocycles. The lowest BCUT2D eigenvalue weighted by molar-refractivity contribution is 0.0531. The Kier molecular flexibility index (Phi) is 5.45. The van der Waals surface area contributed by atoms with Crippen molar-refractivity contribution in [3.63, 3.8) is 0 Å². The van der Waals surface area contributed by atoms with Crippen LogP contribution in [0, 0.1) is 13.8 Å². The molecule has 1 aromatic heterocycles. The molecule has 0 radical (unpaired) electrons. The first-order valence-electron chi connectivity index (χ1n) is 7.10. The second kappa shape index (κ2) is 7.18. The number of carbonyl (C=O) groups excluding carboxylic acids is 1. The Hall–Kier alpha value is -2.13. The minimum Gasteiger partial charge on any atom is -0.496 e. The fourth-order valence-corrected chi connectivity index (χ4v) is 4.20. The van der Waals surface area contributed by atoms with Gasteiger partial charge in [-0.25, -0.2) is 18.2 Å². The van der Waals surface area contributed by atoms with Crippen molar-refractivity contribution in [2.24, 2.45) is 0 Å². The van der Waals surface area contributed by atoms with Gasteiger partial charge in [0.1, 0.15) is 10.6 Å². The molecule has 0 aliphatic carbocycles. The summed E-state index contributed by atoms with van der Waals surface area (Å²) >= 11 is 0.940. The Labute approximate surface area is 144 Å². The predicted molar refractivity (Wildman–Crippen MR) is 91.3 cm³/mol. The zero-order chi connectivity index (χ0) is 17.9. The molecule has 1 heterocycles. The summed E-state index contributed by atoms with van der Waals surface area (Å²) in [7, 11) is -2.29. The number of aromatic nitrogens is 1.